The van der Waals surface area contributed by atoms with Crippen molar-refractivity contribution in [2.75, 3.05) is 52.9 Å². The lowest BCUT2D eigenvalue weighted by Crippen LogP contribution is -2.66. The Balaban J connectivity index is 1.50. The van der Waals surface area contributed by atoms with Gasteiger partial charge in [0.1, 0.15) is 6.61 Å². The summed E-state index contributed by atoms with van der Waals surface area (Å²) in [6.07, 6.45) is 11.7. The first-order valence-corrected chi connectivity index (χ1v) is 18.5. The van der Waals surface area contributed by atoms with Gasteiger partial charge in [-0.2, -0.15) is 0 Å². The summed E-state index contributed by atoms with van der Waals surface area (Å²) in [4.78, 5) is 11.9. The van der Waals surface area contributed by atoms with Gasteiger partial charge >= 0.3 is 5.97 Å². The number of rotatable bonds is 25. The predicted molar refractivity (Wildman–Crippen MR) is 179 cm³/mol. The lowest BCUT2D eigenvalue weighted by atomic mass is 10.1. The molecule has 0 aromatic heterocycles. The summed E-state index contributed by atoms with van der Waals surface area (Å²) in [7, 11) is -2.53. The zero-order chi connectivity index (χ0) is 31.1. The van der Waals surface area contributed by atoms with Crippen LogP contribution >= 0.6 is 0 Å². The van der Waals surface area contributed by atoms with Crippen LogP contribution in [-0.2, 0) is 28.2 Å². The lowest BCUT2D eigenvalue weighted by Gasteiger charge is -2.43. The molecule has 6 nitrogen and oxygen atoms in total. The molecule has 0 saturated heterocycles. The number of hydrogen-bond acceptors (Lipinski definition) is 6. The van der Waals surface area contributed by atoms with Crippen LogP contribution in [0.4, 0.5) is 0 Å². The largest absolute Gasteiger partial charge is 0.463 e. The maximum atomic E-state index is 11.9. The number of benzene rings is 2. The molecule has 0 radical (unpaired) electrons. The molecule has 43 heavy (non-hydrogen) atoms. The lowest BCUT2D eigenvalue weighted by molar-refractivity contribution is -0.145. The Bertz CT molecular complexity index is 908. The van der Waals surface area contributed by atoms with E-state index in [0.29, 0.717) is 59.3 Å². The Morgan fingerprint density at radius 1 is 0.581 bits per heavy atom. The van der Waals surface area contributed by atoms with Crippen molar-refractivity contribution in [1.82, 2.24) is 0 Å². The average molecular weight is 615 g/mol. The number of unbranched alkanes of at least 4 members (excludes halogenated alkanes) is 8. The molecular weight excluding hydrogens is 556 g/mol. The van der Waals surface area contributed by atoms with Gasteiger partial charge in [-0.3, -0.25) is 4.79 Å². The van der Waals surface area contributed by atoms with Gasteiger partial charge in [0.05, 0.1) is 46.2 Å². The molecule has 0 aliphatic heterocycles. The van der Waals surface area contributed by atoms with Crippen LogP contribution in [0.5, 0.6) is 0 Å². The summed E-state index contributed by atoms with van der Waals surface area (Å²) in [6, 6.07) is 21.3. The van der Waals surface area contributed by atoms with Crippen LogP contribution in [0.1, 0.15) is 91.9 Å². The fourth-order valence-corrected chi connectivity index (χ4v) is 9.97. The van der Waals surface area contributed by atoms with Crippen LogP contribution in [0.25, 0.3) is 0 Å². The number of ether oxygens (including phenoxy) is 4. The van der Waals surface area contributed by atoms with Crippen molar-refractivity contribution in [1.29, 1.82) is 0 Å². The highest BCUT2D eigenvalue weighted by Gasteiger charge is 2.49. The first-order chi connectivity index (χ1) is 20.9. The van der Waals surface area contributed by atoms with Crippen molar-refractivity contribution in [3.05, 3.63) is 60.7 Å². The van der Waals surface area contributed by atoms with E-state index < -0.39 is 8.32 Å². The minimum atomic E-state index is -2.53. The van der Waals surface area contributed by atoms with E-state index in [2.05, 4.69) is 88.4 Å². The van der Waals surface area contributed by atoms with Crippen LogP contribution in [0, 0.1) is 0 Å². The molecule has 0 saturated carbocycles. The monoisotopic (exact) mass is 614 g/mol. The number of hydrogen-bond donors (Lipinski definition) is 0. The van der Waals surface area contributed by atoms with Gasteiger partial charge in [0.2, 0.25) is 0 Å². The summed E-state index contributed by atoms with van der Waals surface area (Å²) in [5.41, 5.74) is 0. The molecule has 0 N–H and O–H groups in total. The van der Waals surface area contributed by atoms with Gasteiger partial charge < -0.3 is 23.4 Å². The van der Waals surface area contributed by atoms with Crippen LogP contribution in [0.2, 0.25) is 5.04 Å². The van der Waals surface area contributed by atoms with Crippen LogP contribution < -0.4 is 10.4 Å². The molecule has 0 fully saturated rings. The Hall–Kier alpha value is -2.03. The van der Waals surface area contributed by atoms with E-state index in [-0.39, 0.29) is 11.0 Å². The van der Waals surface area contributed by atoms with Crippen molar-refractivity contribution in [2.24, 2.45) is 0 Å². The zero-order valence-electron chi connectivity index (χ0n) is 27.5. The van der Waals surface area contributed by atoms with E-state index in [0.717, 1.165) is 12.8 Å². The van der Waals surface area contributed by atoms with Gasteiger partial charge in [0.25, 0.3) is 8.32 Å². The summed E-state index contributed by atoms with van der Waals surface area (Å²) in [5.74, 6) is -0.126. The van der Waals surface area contributed by atoms with Gasteiger partial charge in [-0.1, -0.05) is 140 Å². The minimum Gasteiger partial charge on any atom is -0.463 e. The van der Waals surface area contributed by atoms with Crippen molar-refractivity contribution >= 4 is 24.7 Å². The van der Waals surface area contributed by atoms with Gasteiger partial charge in [0, 0.05) is 6.42 Å². The Morgan fingerprint density at radius 3 is 1.47 bits per heavy atom. The zero-order valence-corrected chi connectivity index (χ0v) is 28.5. The third-order valence-corrected chi connectivity index (χ3v) is 12.7. The molecule has 0 amide bonds. The fourth-order valence-electron chi connectivity index (χ4n) is 5.42. The average Bonchev–Trinajstić information content (AvgIpc) is 3.01. The van der Waals surface area contributed by atoms with Crippen molar-refractivity contribution in [2.45, 2.75) is 96.9 Å². The molecule has 2 rings (SSSR count). The van der Waals surface area contributed by atoms with E-state index in [1.165, 1.54) is 55.3 Å². The number of carbonyl (C=O) groups excluding carboxylic acids is 1. The molecule has 0 unspecified atom stereocenters. The van der Waals surface area contributed by atoms with E-state index >= 15 is 0 Å². The highest BCUT2D eigenvalue weighted by atomic mass is 28.4. The maximum absolute atomic E-state index is 11.9. The molecule has 0 spiro atoms. The number of esters is 1. The van der Waals surface area contributed by atoms with Crippen molar-refractivity contribution in [3.63, 3.8) is 0 Å². The molecule has 2 aromatic carbocycles. The van der Waals surface area contributed by atoms with Gasteiger partial charge in [-0.15, -0.1) is 0 Å². The molecule has 0 aliphatic carbocycles. The summed E-state index contributed by atoms with van der Waals surface area (Å²) >= 11 is 0. The third-order valence-electron chi connectivity index (χ3n) is 7.68. The molecule has 7 heteroatoms. The van der Waals surface area contributed by atoms with E-state index in [4.69, 9.17) is 23.4 Å². The van der Waals surface area contributed by atoms with Crippen LogP contribution in [0.3, 0.4) is 0 Å². The SMILES string of the molecule is CCCCCCCCCCCC(=O)OCCOCCOCCOCCO[Si](c1ccccc1)(c1ccccc1)C(C)(C)C. The highest BCUT2D eigenvalue weighted by Crippen LogP contribution is 2.36. The third kappa shape index (κ3) is 14.5. The second-order valence-electron chi connectivity index (χ2n) is 12.1. The van der Waals surface area contributed by atoms with E-state index in [1.54, 1.807) is 0 Å². The Kier molecular flexibility index (Phi) is 19.4. The minimum absolute atomic E-state index is 0.0515. The van der Waals surface area contributed by atoms with Gasteiger partial charge in [-0.05, 0) is 21.8 Å². The first-order valence-electron chi connectivity index (χ1n) is 16.6. The standard InChI is InChI=1S/C36H58O6Si/c1-5-6-7-8-9-10-11-12-19-24-35(37)41-31-29-39-27-25-38-26-28-40-30-32-42-43(36(2,3)4,33-20-15-13-16-21-33)34-22-17-14-18-23-34/h13-18,20-23H,5-12,19,24-32H2,1-4H3. The topological polar surface area (TPSA) is 63.2 Å². The molecule has 0 heterocycles. The van der Waals surface area contributed by atoms with Gasteiger partial charge in [0.15, 0.2) is 0 Å². The van der Waals surface area contributed by atoms with Crippen molar-refractivity contribution in [3.8, 4) is 0 Å². The molecule has 242 valence electrons. The highest BCUT2D eigenvalue weighted by molar-refractivity contribution is 6.99. The summed E-state index contributed by atoms with van der Waals surface area (Å²) in [6.45, 7) is 12.7. The summed E-state index contributed by atoms with van der Waals surface area (Å²) < 4.78 is 29.1. The second kappa shape index (κ2) is 22.5. The molecule has 0 aliphatic rings. The normalized spacial score (nSPS) is 12.0. The Morgan fingerprint density at radius 2 is 1.00 bits per heavy atom. The Labute approximate surface area is 262 Å². The first kappa shape index (κ1) is 37.2. The quantitative estimate of drug-likeness (QED) is 0.0677. The molecular formula is C36H58O6Si. The van der Waals surface area contributed by atoms with E-state index in [1.807, 2.05) is 0 Å². The fraction of sp³-hybridized carbons (Fsp3) is 0.639. The van der Waals surface area contributed by atoms with Crippen molar-refractivity contribution < 1.29 is 28.2 Å². The van der Waals surface area contributed by atoms with Crippen LogP contribution in [-0.4, -0.2) is 67.1 Å². The summed E-state index contributed by atoms with van der Waals surface area (Å²) in [5, 5.41) is 2.49. The smallest absolute Gasteiger partial charge is 0.305 e. The molecule has 2 aromatic rings. The van der Waals surface area contributed by atoms with E-state index in [9.17, 15) is 4.79 Å². The second-order valence-corrected chi connectivity index (χ2v) is 16.5. The van der Waals surface area contributed by atoms with Crippen LogP contribution in [0.15, 0.2) is 60.7 Å². The predicted octanol–water partition coefficient (Wildman–Crippen LogP) is 7.08. The molecule has 0 atom stereocenters. The van der Waals surface area contributed by atoms with Gasteiger partial charge in [-0.25, -0.2) is 0 Å². The molecule has 0 bridgehead atoms. The number of carbonyl (C=O) groups is 1. The maximum Gasteiger partial charge on any atom is 0.305 e.